The number of nitrogens with one attached hydrogen (secondary N) is 1. The minimum atomic E-state index is 0.416. The summed E-state index contributed by atoms with van der Waals surface area (Å²) in [6, 6.07) is 8.20. The SMILES string of the molecule is CCc1ccc(NC(N)=NCc2nc(C)sc2C)cc1. The minimum Gasteiger partial charge on any atom is -0.370 e. The van der Waals surface area contributed by atoms with Gasteiger partial charge in [-0.15, -0.1) is 11.3 Å². The number of nitrogens with two attached hydrogens (primary N) is 1. The lowest BCUT2D eigenvalue weighted by Crippen LogP contribution is -2.22. The van der Waals surface area contributed by atoms with E-state index in [-0.39, 0.29) is 0 Å². The second-order valence-corrected chi connectivity index (χ2v) is 6.02. The number of guanidine groups is 1. The van der Waals surface area contributed by atoms with Crippen LogP contribution in [-0.2, 0) is 13.0 Å². The third kappa shape index (κ3) is 3.81. The van der Waals surface area contributed by atoms with Crippen molar-refractivity contribution in [2.75, 3.05) is 5.32 Å². The first-order chi connectivity index (χ1) is 9.58. The lowest BCUT2D eigenvalue weighted by molar-refractivity contribution is 0.980. The molecule has 5 heteroatoms. The lowest BCUT2D eigenvalue weighted by Gasteiger charge is -2.06. The average Bonchev–Trinajstić information content (AvgIpc) is 2.75. The van der Waals surface area contributed by atoms with Crippen molar-refractivity contribution in [1.82, 2.24) is 4.98 Å². The Balaban J connectivity index is 1.98. The van der Waals surface area contributed by atoms with E-state index in [9.17, 15) is 0 Å². The maximum atomic E-state index is 5.90. The molecule has 0 saturated heterocycles. The highest BCUT2D eigenvalue weighted by Crippen LogP contribution is 2.17. The van der Waals surface area contributed by atoms with Crippen LogP contribution in [0, 0.1) is 13.8 Å². The zero-order valence-electron chi connectivity index (χ0n) is 12.1. The van der Waals surface area contributed by atoms with Gasteiger partial charge in [0.2, 0.25) is 0 Å². The Bertz CT molecular complexity index is 599. The normalized spacial score (nSPS) is 11.7. The number of aryl methyl sites for hydroxylation is 3. The minimum absolute atomic E-state index is 0.416. The summed E-state index contributed by atoms with van der Waals surface area (Å²) in [7, 11) is 0. The van der Waals surface area contributed by atoms with E-state index in [1.807, 2.05) is 19.1 Å². The van der Waals surface area contributed by atoms with Crippen molar-refractivity contribution in [3.05, 3.63) is 45.4 Å². The van der Waals surface area contributed by atoms with E-state index in [0.717, 1.165) is 22.8 Å². The summed E-state index contributed by atoms with van der Waals surface area (Å²) >= 11 is 1.69. The highest BCUT2D eigenvalue weighted by atomic mass is 32.1. The summed E-state index contributed by atoms with van der Waals surface area (Å²) in [4.78, 5) is 9.97. The first kappa shape index (κ1) is 14.5. The zero-order valence-corrected chi connectivity index (χ0v) is 12.9. The molecule has 0 aliphatic heterocycles. The average molecular weight is 288 g/mol. The molecule has 4 nitrogen and oxygen atoms in total. The Labute approximate surface area is 123 Å². The van der Waals surface area contributed by atoms with E-state index in [1.165, 1.54) is 10.4 Å². The molecular weight excluding hydrogens is 268 g/mol. The fourth-order valence-electron chi connectivity index (χ4n) is 1.89. The van der Waals surface area contributed by atoms with Gasteiger partial charge in [-0.3, -0.25) is 0 Å². The third-order valence-electron chi connectivity index (χ3n) is 3.03. The highest BCUT2D eigenvalue weighted by Gasteiger charge is 2.04. The van der Waals surface area contributed by atoms with Crippen LogP contribution in [0.25, 0.3) is 0 Å². The van der Waals surface area contributed by atoms with Crippen molar-refractivity contribution in [3.8, 4) is 0 Å². The van der Waals surface area contributed by atoms with Crippen molar-refractivity contribution < 1.29 is 0 Å². The van der Waals surface area contributed by atoms with Gasteiger partial charge in [-0.05, 0) is 38.0 Å². The first-order valence-corrected chi connectivity index (χ1v) is 7.49. The molecule has 3 N–H and O–H groups in total. The molecule has 0 radical (unpaired) electrons. The van der Waals surface area contributed by atoms with Crippen molar-refractivity contribution in [1.29, 1.82) is 0 Å². The fourth-order valence-corrected chi connectivity index (χ4v) is 2.72. The molecule has 1 aromatic heterocycles. The molecule has 20 heavy (non-hydrogen) atoms. The van der Waals surface area contributed by atoms with E-state index in [4.69, 9.17) is 5.73 Å². The summed E-state index contributed by atoms with van der Waals surface area (Å²) in [6.45, 7) is 6.71. The molecule has 0 atom stereocenters. The Hall–Kier alpha value is -1.88. The van der Waals surface area contributed by atoms with Gasteiger partial charge in [0.15, 0.2) is 5.96 Å². The molecule has 0 amide bonds. The van der Waals surface area contributed by atoms with Gasteiger partial charge in [-0.1, -0.05) is 19.1 Å². The summed E-state index contributed by atoms with van der Waals surface area (Å²) in [6.07, 6.45) is 1.03. The molecule has 1 aromatic carbocycles. The molecule has 0 aliphatic rings. The van der Waals surface area contributed by atoms with E-state index in [1.54, 1.807) is 11.3 Å². The maximum absolute atomic E-state index is 5.90. The van der Waals surface area contributed by atoms with E-state index >= 15 is 0 Å². The van der Waals surface area contributed by atoms with Crippen molar-refractivity contribution in [2.24, 2.45) is 10.7 Å². The van der Waals surface area contributed by atoms with Gasteiger partial charge in [0.25, 0.3) is 0 Å². The van der Waals surface area contributed by atoms with E-state index in [0.29, 0.717) is 12.5 Å². The second-order valence-electron chi connectivity index (χ2n) is 4.61. The molecule has 106 valence electrons. The molecule has 2 rings (SSSR count). The standard InChI is InChI=1S/C15H20N4S/c1-4-12-5-7-13(8-6-12)19-15(16)17-9-14-10(2)20-11(3)18-14/h5-8H,4,9H2,1-3H3,(H3,16,17,19). The molecule has 0 fully saturated rings. The summed E-state index contributed by atoms with van der Waals surface area (Å²) < 4.78 is 0. The molecule has 0 aliphatic carbocycles. The van der Waals surface area contributed by atoms with Crippen molar-refractivity contribution in [2.45, 2.75) is 33.7 Å². The quantitative estimate of drug-likeness (QED) is 0.670. The molecule has 0 spiro atoms. The van der Waals surface area contributed by atoms with Crippen LogP contribution in [0.2, 0.25) is 0 Å². The number of aliphatic imine (C=N–C) groups is 1. The number of aromatic nitrogens is 1. The molecule has 2 aromatic rings. The highest BCUT2D eigenvalue weighted by molar-refractivity contribution is 7.11. The molecule has 0 unspecified atom stereocenters. The van der Waals surface area contributed by atoms with E-state index < -0.39 is 0 Å². The Morgan fingerprint density at radius 1 is 1.30 bits per heavy atom. The Kier molecular flexibility index (Phi) is 4.74. The predicted octanol–water partition coefficient (Wildman–Crippen LogP) is 3.25. The number of benzene rings is 1. The summed E-state index contributed by atoms with van der Waals surface area (Å²) in [5.41, 5.74) is 9.15. The number of hydrogen-bond donors (Lipinski definition) is 2. The number of nitrogens with zero attached hydrogens (tertiary/aromatic N) is 2. The Morgan fingerprint density at radius 2 is 2.00 bits per heavy atom. The van der Waals surface area contributed by atoms with Crippen LogP contribution >= 0.6 is 11.3 Å². The second kappa shape index (κ2) is 6.52. The van der Waals surface area contributed by atoms with Gasteiger partial charge in [-0.2, -0.15) is 0 Å². The number of anilines is 1. The first-order valence-electron chi connectivity index (χ1n) is 6.67. The summed E-state index contributed by atoms with van der Waals surface area (Å²) in [5, 5.41) is 4.16. The number of rotatable bonds is 4. The maximum Gasteiger partial charge on any atom is 0.193 e. The number of thiazole rings is 1. The molecule has 1 heterocycles. The van der Waals surface area contributed by atoms with Crippen molar-refractivity contribution >= 4 is 23.0 Å². The van der Waals surface area contributed by atoms with Crippen LogP contribution < -0.4 is 11.1 Å². The smallest absolute Gasteiger partial charge is 0.193 e. The predicted molar refractivity (Wildman–Crippen MR) is 86.4 cm³/mol. The van der Waals surface area contributed by atoms with Gasteiger partial charge in [0, 0.05) is 10.6 Å². The summed E-state index contributed by atoms with van der Waals surface area (Å²) in [5.74, 6) is 0.416. The van der Waals surface area contributed by atoms with Gasteiger partial charge in [-0.25, -0.2) is 9.98 Å². The molecule has 0 bridgehead atoms. The lowest BCUT2D eigenvalue weighted by atomic mass is 10.1. The van der Waals surface area contributed by atoms with Crippen LogP contribution in [0.1, 0.15) is 28.1 Å². The van der Waals surface area contributed by atoms with Gasteiger partial charge in [0.1, 0.15) is 0 Å². The zero-order chi connectivity index (χ0) is 14.5. The van der Waals surface area contributed by atoms with Crippen LogP contribution in [0.5, 0.6) is 0 Å². The fraction of sp³-hybridized carbons (Fsp3) is 0.333. The largest absolute Gasteiger partial charge is 0.370 e. The van der Waals surface area contributed by atoms with Crippen LogP contribution in [0.15, 0.2) is 29.3 Å². The molecule has 0 saturated carbocycles. The number of hydrogen-bond acceptors (Lipinski definition) is 3. The van der Waals surface area contributed by atoms with Crippen LogP contribution in [0.3, 0.4) is 0 Å². The van der Waals surface area contributed by atoms with Gasteiger partial charge < -0.3 is 11.1 Å². The van der Waals surface area contributed by atoms with E-state index in [2.05, 4.69) is 41.3 Å². The molecular formula is C15H20N4S. The van der Waals surface area contributed by atoms with Crippen molar-refractivity contribution in [3.63, 3.8) is 0 Å². The monoisotopic (exact) mass is 288 g/mol. The van der Waals surface area contributed by atoms with Gasteiger partial charge >= 0.3 is 0 Å². The topological polar surface area (TPSA) is 63.3 Å². The van der Waals surface area contributed by atoms with Crippen LogP contribution in [0.4, 0.5) is 5.69 Å². The third-order valence-corrected chi connectivity index (χ3v) is 3.96. The van der Waals surface area contributed by atoms with Gasteiger partial charge in [0.05, 0.1) is 17.2 Å². The van der Waals surface area contributed by atoms with Crippen LogP contribution in [-0.4, -0.2) is 10.9 Å². The Morgan fingerprint density at radius 3 is 2.55 bits per heavy atom.